The maximum atomic E-state index is 14.2. The molecule has 9 nitrogen and oxygen atoms in total. The topological polar surface area (TPSA) is 99.3 Å². The number of carbonyl (C=O) groups is 1. The summed E-state index contributed by atoms with van der Waals surface area (Å²) in [7, 11) is -2.50. The number of hydrogen-bond donors (Lipinski definition) is 0. The second-order valence-electron chi connectivity index (χ2n) is 9.92. The van der Waals surface area contributed by atoms with Gasteiger partial charge >= 0.3 is 0 Å². The van der Waals surface area contributed by atoms with Crippen LogP contribution >= 0.6 is 0 Å². The minimum atomic E-state index is -4.12. The Balaban J connectivity index is 1.45. The molecule has 3 heterocycles. The van der Waals surface area contributed by atoms with E-state index in [2.05, 4.69) is 10.2 Å². The van der Waals surface area contributed by atoms with Crippen LogP contribution in [0.4, 0.5) is 4.39 Å². The van der Waals surface area contributed by atoms with Gasteiger partial charge in [0, 0.05) is 25.2 Å². The summed E-state index contributed by atoms with van der Waals surface area (Å²) in [6.45, 7) is 1.83. The van der Waals surface area contributed by atoms with Crippen LogP contribution in [0.2, 0.25) is 0 Å². The lowest BCUT2D eigenvalue weighted by Gasteiger charge is -2.30. The molecule has 0 radical (unpaired) electrons. The monoisotopic (exact) mass is 559 g/mol. The van der Waals surface area contributed by atoms with Crippen LogP contribution in [0.3, 0.4) is 0 Å². The molecule has 204 valence electrons. The lowest BCUT2D eigenvalue weighted by Crippen LogP contribution is -2.44. The van der Waals surface area contributed by atoms with E-state index < -0.39 is 21.3 Å². The van der Waals surface area contributed by atoms with Crippen molar-refractivity contribution < 1.29 is 22.3 Å². The first kappa shape index (κ1) is 25.8. The fraction of sp³-hybridized carbons (Fsp3) is 0.207. The molecule has 1 atom stereocenters. The molecule has 3 aromatic carbocycles. The number of ether oxygens (including phenoxy) is 1. The van der Waals surface area contributed by atoms with Gasteiger partial charge in [0.2, 0.25) is 0 Å². The van der Waals surface area contributed by atoms with Gasteiger partial charge in [0.05, 0.1) is 23.6 Å². The zero-order valence-electron chi connectivity index (χ0n) is 21.9. The summed E-state index contributed by atoms with van der Waals surface area (Å²) in [5.74, 6) is -0.323. The van der Waals surface area contributed by atoms with Crippen molar-refractivity contribution in [1.82, 2.24) is 23.9 Å². The first-order chi connectivity index (χ1) is 19.2. The fourth-order valence-electron chi connectivity index (χ4n) is 5.29. The third kappa shape index (κ3) is 4.22. The van der Waals surface area contributed by atoms with Gasteiger partial charge in [-0.05, 0) is 73.0 Å². The largest absolute Gasteiger partial charge is 0.492 e. The Labute approximate surface area is 230 Å². The lowest BCUT2D eigenvalue weighted by molar-refractivity contribution is -0.129. The van der Waals surface area contributed by atoms with Crippen molar-refractivity contribution in [1.29, 1.82) is 0 Å². The third-order valence-corrected chi connectivity index (χ3v) is 9.11. The third-order valence-electron chi connectivity index (χ3n) is 7.38. The van der Waals surface area contributed by atoms with Crippen molar-refractivity contribution in [2.75, 3.05) is 13.2 Å². The van der Waals surface area contributed by atoms with Gasteiger partial charge in [-0.3, -0.25) is 9.48 Å². The Bertz CT molecular complexity index is 1830. The first-order valence-corrected chi connectivity index (χ1v) is 14.1. The average molecular weight is 560 g/mol. The zero-order chi connectivity index (χ0) is 28.1. The molecule has 1 aliphatic rings. The molecule has 6 rings (SSSR count). The summed E-state index contributed by atoms with van der Waals surface area (Å²) >= 11 is 0. The van der Waals surface area contributed by atoms with E-state index in [-0.39, 0.29) is 30.3 Å². The molecular weight excluding hydrogens is 533 g/mol. The highest BCUT2D eigenvalue weighted by Gasteiger charge is 2.53. The Morgan fingerprint density at radius 2 is 1.77 bits per heavy atom. The Morgan fingerprint density at radius 1 is 1.02 bits per heavy atom. The maximum absolute atomic E-state index is 14.2. The van der Waals surface area contributed by atoms with Crippen molar-refractivity contribution >= 4 is 26.8 Å². The normalized spacial score (nSPS) is 17.6. The van der Waals surface area contributed by atoms with E-state index in [9.17, 15) is 17.6 Å². The highest BCUT2D eigenvalue weighted by molar-refractivity contribution is 7.89. The number of nitrogens with zero attached hydrogens (tertiary/aromatic N) is 5. The molecule has 0 aliphatic carbocycles. The van der Waals surface area contributed by atoms with E-state index in [1.165, 1.54) is 29.2 Å². The first-order valence-electron chi connectivity index (χ1n) is 12.7. The number of para-hydroxylation sites is 1. The number of aromatic nitrogens is 4. The van der Waals surface area contributed by atoms with Gasteiger partial charge in [0.25, 0.3) is 15.9 Å². The van der Waals surface area contributed by atoms with E-state index in [1.807, 2.05) is 37.3 Å². The van der Waals surface area contributed by atoms with Crippen LogP contribution in [0.1, 0.15) is 17.5 Å². The highest BCUT2D eigenvalue weighted by atomic mass is 32.2. The molecular formula is C29H26FN5O4S. The van der Waals surface area contributed by atoms with Gasteiger partial charge in [-0.15, -0.1) is 0 Å². The van der Waals surface area contributed by atoms with E-state index >= 15 is 0 Å². The second kappa shape index (κ2) is 9.60. The van der Waals surface area contributed by atoms with Crippen LogP contribution in [0, 0.1) is 12.7 Å². The van der Waals surface area contributed by atoms with Crippen LogP contribution in [-0.2, 0) is 27.3 Å². The van der Waals surface area contributed by atoms with Crippen LogP contribution in [-0.4, -0.2) is 51.3 Å². The average Bonchev–Trinajstić information content (AvgIpc) is 3.66. The van der Waals surface area contributed by atoms with E-state index in [0.717, 1.165) is 20.8 Å². The van der Waals surface area contributed by atoms with Crippen molar-refractivity contribution in [3.05, 3.63) is 102 Å². The Hall–Kier alpha value is -4.51. The molecule has 1 unspecified atom stereocenters. The smallest absolute Gasteiger partial charge is 0.269 e. The number of amides is 1. The van der Waals surface area contributed by atoms with Gasteiger partial charge < -0.3 is 4.74 Å². The van der Waals surface area contributed by atoms with Gasteiger partial charge in [0.1, 0.15) is 28.5 Å². The number of sulfonamides is 1. The molecule has 0 bridgehead atoms. The predicted molar refractivity (Wildman–Crippen MR) is 146 cm³/mol. The summed E-state index contributed by atoms with van der Waals surface area (Å²) < 4.78 is 50.7. The van der Waals surface area contributed by atoms with Crippen molar-refractivity contribution in [3.8, 4) is 11.4 Å². The minimum absolute atomic E-state index is 0.000525. The number of rotatable bonds is 7. The summed E-state index contributed by atoms with van der Waals surface area (Å²) in [4.78, 5) is 14.2. The number of benzene rings is 3. The number of aryl methyl sites for hydroxylation is 2. The van der Waals surface area contributed by atoms with Crippen LogP contribution in [0.25, 0.3) is 16.6 Å². The molecule has 1 fully saturated rings. The standard InChI is InChI=1S/C29H26FN5O4S/c1-20-14-27-21(16-32-35(27)23-10-8-22(30)9-11-23)15-26(20)29(19-39-24-6-4-3-5-7-24)12-13-34(28(29)36)40(37,38)25-17-31-33(2)18-25/h3-11,14-18H,12-13,19H2,1-2H3. The Kier molecular flexibility index (Phi) is 6.18. The predicted octanol–water partition coefficient (Wildman–Crippen LogP) is 4.14. The van der Waals surface area contributed by atoms with E-state index in [4.69, 9.17) is 4.74 Å². The van der Waals surface area contributed by atoms with Gasteiger partial charge in [-0.2, -0.15) is 10.2 Å². The zero-order valence-corrected chi connectivity index (χ0v) is 22.7. The van der Waals surface area contributed by atoms with Crippen molar-refractivity contribution in [2.45, 2.75) is 23.7 Å². The lowest BCUT2D eigenvalue weighted by atomic mass is 9.77. The molecule has 40 heavy (non-hydrogen) atoms. The SMILES string of the molecule is Cc1cc2c(cnn2-c2ccc(F)cc2)cc1C1(COc2ccccc2)CCN(S(=O)(=O)c2cnn(C)c2)C1=O. The van der Waals surface area contributed by atoms with E-state index in [0.29, 0.717) is 17.0 Å². The molecule has 0 saturated carbocycles. The highest BCUT2D eigenvalue weighted by Crippen LogP contribution is 2.42. The molecule has 2 aromatic heterocycles. The van der Waals surface area contributed by atoms with Crippen LogP contribution in [0.5, 0.6) is 5.75 Å². The number of fused-ring (bicyclic) bond motifs is 1. The van der Waals surface area contributed by atoms with Gasteiger partial charge in [0.15, 0.2) is 0 Å². The molecule has 1 aliphatic heterocycles. The molecule has 11 heteroatoms. The molecule has 0 spiro atoms. The molecule has 1 amide bonds. The summed E-state index contributed by atoms with van der Waals surface area (Å²) in [5, 5.41) is 9.23. The second-order valence-corrected chi connectivity index (χ2v) is 11.8. The van der Waals surface area contributed by atoms with Crippen LogP contribution < -0.4 is 4.74 Å². The number of carbonyl (C=O) groups excluding carboxylic acids is 1. The number of hydrogen-bond acceptors (Lipinski definition) is 6. The summed E-state index contributed by atoms with van der Waals surface area (Å²) in [5.41, 5.74) is 1.65. The van der Waals surface area contributed by atoms with Crippen molar-refractivity contribution in [3.63, 3.8) is 0 Å². The number of halogens is 1. The summed E-state index contributed by atoms with van der Waals surface area (Å²) in [6.07, 6.45) is 4.53. The fourth-order valence-corrected chi connectivity index (χ4v) is 6.74. The molecule has 5 aromatic rings. The van der Waals surface area contributed by atoms with E-state index in [1.54, 1.807) is 42.2 Å². The molecule has 1 saturated heterocycles. The summed E-state index contributed by atoms with van der Waals surface area (Å²) in [6, 6.07) is 18.9. The minimum Gasteiger partial charge on any atom is -0.492 e. The molecule has 0 N–H and O–H groups in total. The maximum Gasteiger partial charge on any atom is 0.269 e. The van der Waals surface area contributed by atoms with Crippen LogP contribution in [0.15, 0.2) is 90.2 Å². The Morgan fingerprint density at radius 3 is 2.48 bits per heavy atom. The van der Waals surface area contributed by atoms with Gasteiger partial charge in [-0.1, -0.05) is 18.2 Å². The van der Waals surface area contributed by atoms with Crippen molar-refractivity contribution in [2.24, 2.45) is 7.05 Å². The quantitative estimate of drug-likeness (QED) is 0.297. The van der Waals surface area contributed by atoms with Gasteiger partial charge in [-0.25, -0.2) is 21.8 Å².